The van der Waals surface area contributed by atoms with Crippen molar-refractivity contribution in [1.29, 1.82) is 0 Å². The number of benzene rings is 1. The van der Waals surface area contributed by atoms with Crippen LogP contribution in [0.4, 0.5) is 0 Å². The predicted molar refractivity (Wildman–Crippen MR) is 82.2 cm³/mol. The fourth-order valence-corrected chi connectivity index (χ4v) is 2.20. The van der Waals surface area contributed by atoms with Crippen LogP contribution in [0.25, 0.3) is 0 Å². The number of rotatable bonds is 7. The Kier molecular flexibility index (Phi) is 8.20. The molecule has 0 amide bonds. The Morgan fingerprint density at radius 1 is 1.30 bits per heavy atom. The van der Waals surface area contributed by atoms with Crippen LogP contribution in [0.2, 0.25) is 5.02 Å². The van der Waals surface area contributed by atoms with Crippen molar-refractivity contribution in [2.24, 2.45) is 5.92 Å². The van der Waals surface area contributed by atoms with Crippen LogP contribution < -0.4 is 39.4 Å². The van der Waals surface area contributed by atoms with Gasteiger partial charge in [-0.05, 0) is 42.7 Å². The molecule has 0 radical (unpaired) electrons. The molecule has 1 heterocycles. The maximum atomic E-state index is 10.7. The van der Waals surface area contributed by atoms with Crippen LogP contribution in [-0.4, -0.2) is 12.6 Å². The summed E-state index contributed by atoms with van der Waals surface area (Å²) in [5.74, 6) is 0.308. The Morgan fingerprint density at radius 2 is 2.04 bits per heavy atom. The minimum absolute atomic E-state index is 0. The fraction of sp³-hybridized carbons (Fsp3) is 0.353. The molecule has 4 nitrogen and oxygen atoms in total. The van der Waals surface area contributed by atoms with Crippen LogP contribution in [0, 0.1) is 5.92 Å². The van der Waals surface area contributed by atoms with Gasteiger partial charge in [0.25, 0.3) is 0 Å². The average molecular weight is 345 g/mol. The first-order valence-electron chi connectivity index (χ1n) is 7.17. The number of carbonyl (C=O) groups is 1. The average Bonchev–Trinajstić information content (AvgIpc) is 2.89. The SMILES string of the molecule is CC(C)CCOc1ccc(Cl)cc1Cc1ccc(C(=O)[O-])o1.[Na+]. The molecule has 23 heavy (non-hydrogen) atoms. The van der Waals surface area contributed by atoms with Gasteiger partial charge in [-0.3, -0.25) is 0 Å². The van der Waals surface area contributed by atoms with Crippen LogP contribution >= 0.6 is 11.6 Å². The van der Waals surface area contributed by atoms with Gasteiger partial charge in [0.1, 0.15) is 23.2 Å². The molecule has 0 aliphatic heterocycles. The second kappa shape index (κ2) is 9.38. The summed E-state index contributed by atoms with van der Waals surface area (Å²) in [4.78, 5) is 10.7. The zero-order chi connectivity index (χ0) is 16.1. The van der Waals surface area contributed by atoms with Crippen LogP contribution in [0.5, 0.6) is 5.75 Å². The first-order chi connectivity index (χ1) is 10.5. The van der Waals surface area contributed by atoms with E-state index in [1.54, 1.807) is 18.2 Å². The molecule has 6 heteroatoms. The van der Waals surface area contributed by atoms with Crippen molar-refractivity contribution in [1.82, 2.24) is 0 Å². The molecule has 1 aromatic heterocycles. The maximum absolute atomic E-state index is 10.7. The topological polar surface area (TPSA) is 62.5 Å². The second-order valence-corrected chi connectivity index (χ2v) is 5.95. The third kappa shape index (κ3) is 6.22. The van der Waals surface area contributed by atoms with Crippen LogP contribution in [0.3, 0.4) is 0 Å². The Morgan fingerprint density at radius 3 is 2.65 bits per heavy atom. The van der Waals surface area contributed by atoms with Gasteiger partial charge in [-0.15, -0.1) is 0 Å². The van der Waals surface area contributed by atoms with E-state index in [2.05, 4.69) is 13.8 Å². The maximum Gasteiger partial charge on any atom is 1.00 e. The van der Waals surface area contributed by atoms with E-state index in [0.717, 1.165) is 17.7 Å². The predicted octanol–water partition coefficient (Wildman–Crippen LogP) is 0.316. The molecule has 0 spiro atoms. The zero-order valence-corrected chi connectivity index (χ0v) is 16.4. The van der Waals surface area contributed by atoms with Crippen LogP contribution in [0.1, 0.15) is 42.1 Å². The molecule has 0 aliphatic rings. The minimum Gasteiger partial charge on any atom is -0.542 e. The standard InChI is InChI=1S/C17H19ClO4.Na/c1-11(2)7-8-21-15-5-3-13(18)9-12(15)10-14-4-6-16(22-14)17(19)20;/h3-6,9,11H,7-8,10H2,1-2H3,(H,19,20);/q;+1/p-1. The zero-order valence-electron chi connectivity index (χ0n) is 13.6. The summed E-state index contributed by atoms with van der Waals surface area (Å²) in [6.45, 7) is 4.89. The van der Waals surface area contributed by atoms with Crippen molar-refractivity contribution in [3.8, 4) is 5.75 Å². The number of carboxylic acid groups (broad SMARTS) is 1. The van der Waals surface area contributed by atoms with Crippen LogP contribution in [-0.2, 0) is 6.42 Å². The smallest absolute Gasteiger partial charge is 0.542 e. The Labute approximate surface area is 163 Å². The number of furan rings is 1. The number of hydrogen-bond donors (Lipinski definition) is 0. The molecule has 118 valence electrons. The number of carboxylic acids is 1. The van der Waals surface area contributed by atoms with E-state index in [9.17, 15) is 9.90 Å². The van der Waals surface area contributed by atoms with Gasteiger partial charge in [-0.25, -0.2) is 0 Å². The van der Waals surface area contributed by atoms with Crippen molar-refractivity contribution in [2.45, 2.75) is 26.7 Å². The molecule has 0 bridgehead atoms. The van der Waals surface area contributed by atoms with E-state index >= 15 is 0 Å². The summed E-state index contributed by atoms with van der Waals surface area (Å²) in [7, 11) is 0. The Balaban J connectivity index is 0.00000264. The van der Waals surface area contributed by atoms with Crippen molar-refractivity contribution >= 4 is 17.6 Å². The normalized spacial score (nSPS) is 10.4. The first-order valence-corrected chi connectivity index (χ1v) is 7.55. The number of aromatic carboxylic acids is 1. The van der Waals surface area contributed by atoms with E-state index in [1.807, 2.05) is 6.07 Å². The molecule has 0 N–H and O–H groups in total. The second-order valence-electron chi connectivity index (χ2n) is 5.51. The first kappa shape index (κ1) is 20.1. The fourth-order valence-electron chi connectivity index (χ4n) is 2.00. The van der Waals surface area contributed by atoms with Crippen molar-refractivity contribution in [3.63, 3.8) is 0 Å². The molecule has 0 saturated carbocycles. The van der Waals surface area contributed by atoms with Gasteiger partial charge >= 0.3 is 29.6 Å². The van der Waals surface area contributed by atoms with Crippen molar-refractivity contribution in [2.75, 3.05) is 6.61 Å². The number of halogens is 1. The van der Waals surface area contributed by atoms with Gasteiger partial charge in [0.2, 0.25) is 0 Å². The molecule has 0 saturated heterocycles. The van der Waals surface area contributed by atoms with Gasteiger partial charge in [0.15, 0.2) is 0 Å². The molecule has 1 aromatic carbocycles. The van der Waals surface area contributed by atoms with E-state index in [0.29, 0.717) is 29.7 Å². The molecule has 2 aromatic rings. The Bertz CT molecular complexity index is 652. The summed E-state index contributed by atoms with van der Waals surface area (Å²) in [5, 5.41) is 11.3. The van der Waals surface area contributed by atoms with E-state index < -0.39 is 5.97 Å². The molecule has 2 rings (SSSR count). The van der Waals surface area contributed by atoms with Crippen molar-refractivity contribution in [3.05, 3.63) is 52.4 Å². The number of carbonyl (C=O) groups excluding carboxylic acids is 1. The monoisotopic (exact) mass is 344 g/mol. The molecule has 0 unspecified atom stereocenters. The van der Waals surface area contributed by atoms with E-state index in [-0.39, 0.29) is 35.3 Å². The Hall–Kier alpha value is -0.940. The minimum atomic E-state index is -1.33. The molecule has 0 fully saturated rings. The third-order valence-corrected chi connectivity index (χ3v) is 3.44. The van der Waals surface area contributed by atoms with Gasteiger partial charge in [0.05, 0.1) is 6.61 Å². The van der Waals surface area contributed by atoms with E-state index in [1.165, 1.54) is 6.07 Å². The third-order valence-electron chi connectivity index (χ3n) is 3.20. The molecular formula is C17H18ClNaO4. The number of hydrogen-bond acceptors (Lipinski definition) is 4. The summed E-state index contributed by atoms with van der Waals surface area (Å²) in [5.41, 5.74) is 0.857. The number of ether oxygens (including phenoxy) is 1. The molecule has 0 aliphatic carbocycles. The van der Waals surface area contributed by atoms with Gasteiger partial charge in [-0.1, -0.05) is 25.4 Å². The molecule has 0 atom stereocenters. The van der Waals surface area contributed by atoms with Gasteiger partial charge in [0, 0.05) is 17.0 Å². The van der Waals surface area contributed by atoms with E-state index in [4.69, 9.17) is 20.8 Å². The summed E-state index contributed by atoms with van der Waals surface area (Å²) in [6, 6.07) is 8.39. The van der Waals surface area contributed by atoms with Crippen LogP contribution in [0.15, 0.2) is 34.7 Å². The largest absolute Gasteiger partial charge is 1.00 e. The summed E-state index contributed by atoms with van der Waals surface area (Å²) in [6.07, 6.45) is 1.36. The molecular weight excluding hydrogens is 327 g/mol. The quantitative estimate of drug-likeness (QED) is 0.679. The van der Waals surface area contributed by atoms with Gasteiger partial charge in [-0.2, -0.15) is 0 Å². The summed E-state index contributed by atoms with van der Waals surface area (Å²) >= 11 is 6.03. The summed E-state index contributed by atoms with van der Waals surface area (Å²) < 4.78 is 11.0. The van der Waals surface area contributed by atoms with Gasteiger partial charge < -0.3 is 19.1 Å². The van der Waals surface area contributed by atoms with Crippen molar-refractivity contribution < 1.29 is 48.6 Å².